The molecule has 0 saturated heterocycles. The largest absolute Gasteiger partial charge is 0.495 e. The van der Waals surface area contributed by atoms with Crippen LogP contribution in [0.3, 0.4) is 0 Å². The minimum atomic E-state index is -3.81. The van der Waals surface area contributed by atoms with Gasteiger partial charge in [-0.15, -0.1) is 0 Å². The van der Waals surface area contributed by atoms with Crippen molar-refractivity contribution in [1.82, 2.24) is 0 Å². The molecule has 0 fully saturated rings. The zero-order chi connectivity index (χ0) is 21.0. The zero-order valence-electron chi connectivity index (χ0n) is 15.8. The molecule has 0 unspecified atom stereocenters. The van der Waals surface area contributed by atoms with E-state index in [0.29, 0.717) is 22.7 Å². The van der Waals surface area contributed by atoms with Gasteiger partial charge in [0.05, 0.1) is 17.7 Å². The normalized spacial score (nSPS) is 11.0. The molecule has 2 N–H and O–H groups in total. The fourth-order valence-corrected chi connectivity index (χ4v) is 4.26. The number of aryl methyl sites for hydroxylation is 1. The highest BCUT2D eigenvalue weighted by atomic mass is 127. The highest BCUT2D eigenvalue weighted by Crippen LogP contribution is 2.28. The van der Waals surface area contributed by atoms with Crippen LogP contribution in [0, 0.1) is 10.5 Å². The number of amides is 1. The predicted molar refractivity (Wildman–Crippen MR) is 122 cm³/mol. The second-order valence-electron chi connectivity index (χ2n) is 6.30. The van der Waals surface area contributed by atoms with Gasteiger partial charge in [-0.1, -0.05) is 12.1 Å². The van der Waals surface area contributed by atoms with Gasteiger partial charge in [-0.2, -0.15) is 0 Å². The van der Waals surface area contributed by atoms with Crippen LogP contribution in [0.25, 0.3) is 0 Å². The van der Waals surface area contributed by atoms with Crippen LogP contribution in [0.5, 0.6) is 5.75 Å². The van der Waals surface area contributed by atoms with E-state index in [2.05, 4.69) is 32.6 Å². The van der Waals surface area contributed by atoms with Crippen LogP contribution in [-0.4, -0.2) is 21.4 Å². The van der Waals surface area contributed by atoms with E-state index in [1.54, 1.807) is 42.5 Å². The molecular weight excluding hydrogens is 503 g/mol. The monoisotopic (exact) mass is 522 g/mol. The number of halogens is 1. The number of carbonyl (C=O) groups excluding carboxylic acids is 1. The van der Waals surface area contributed by atoms with Crippen molar-refractivity contribution in [2.75, 3.05) is 17.1 Å². The lowest BCUT2D eigenvalue weighted by Gasteiger charge is -2.13. The van der Waals surface area contributed by atoms with E-state index in [9.17, 15) is 13.2 Å². The minimum absolute atomic E-state index is 0.0771. The van der Waals surface area contributed by atoms with Crippen LogP contribution in [0.2, 0.25) is 0 Å². The van der Waals surface area contributed by atoms with Gasteiger partial charge >= 0.3 is 0 Å². The lowest BCUT2D eigenvalue weighted by molar-refractivity contribution is 0.102. The van der Waals surface area contributed by atoms with Crippen LogP contribution >= 0.6 is 22.6 Å². The summed E-state index contributed by atoms with van der Waals surface area (Å²) in [6.45, 7) is 1.86. The van der Waals surface area contributed by atoms with Crippen molar-refractivity contribution in [3.8, 4) is 5.75 Å². The highest BCUT2D eigenvalue weighted by Gasteiger charge is 2.17. The average Bonchev–Trinajstić information content (AvgIpc) is 2.68. The van der Waals surface area contributed by atoms with Crippen LogP contribution in [0.15, 0.2) is 71.6 Å². The third kappa shape index (κ3) is 5.27. The molecule has 3 aromatic rings. The van der Waals surface area contributed by atoms with Crippen LogP contribution < -0.4 is 14.8 Å². The number of benzene rings is 3. The van der Waals surface area contributed by atoms with Crippen molar-refractivity contribution in [3.63, 3.8) is 0 Å². The number of hydrogen-bond donors (Lipinski definition) is 2. The third-order valence-corrected chi connectivity index (χ3v) is 6.16. The quantitative estimate of drug-likeness (QED) is 0.462. The van der Waals surface area contributed by atoms with Gasteiger partial charge in [0.15, 0.2) is 0 Å². The summed E-state index contributed by atoms with van der Waals surface area (Å²) < 4.78 is 34.2. The Morgan fingerprint density at radius 3 is 2.38 bits per heavy atom. The molecule has 0 aromatic heterocycles. The lowest BCUT2D eigenvalue weighted by Crippen LogP contribution is -2.15. The summed E-state index contributed by atoms with van der Waals surface area (Å²) in [5.74, 6) is 0.169. The fraction of sp³-hybridized carbons (Fsp3) is 0.0952. The Balaban J connectivity index is 1.77. The standard InChI is InChI=1S/C21H19IN2O4S/c1-14-6-11-20(28-2)19(12-14)24-29(26,27)18-9-7-17(8-10-18)23-21(25)15-4-3-5-16(22)13-15/h3-13,24H,1-2H3,(H,23,25). The highest BCUT2D eigenvalue weighted by molar-refractivity contribution is 14.1. The summed E-state index contributed by atoms with van der Waals surface area (Å²) in [5, 5.41) is 2.76. The molecule has 0 heterocycles. The van der Waals surface area contributed by atoms with E-state index in [1.807, 2.05) is 19.1 Å². The van der Waals surface area contributed by atoms with E-state index in [4.69, 9.17) is 4.74 Å². The first kappa shape index (κ1) is 21.1. The number of methoxy groups -OCH3 is 1. The van der Waals surface area contributed by atoms with Crippen molar-refractivity contribution >= 4 is 49.9 Å². The summed E-state index contributed by atoms with van der Waals surface area (Å²) in [6.07, 6.45) is 0. The smallest absolute Gasteiger partial charge is 0.262 e. The Morgan fingerprint density at radius 1 is 1.00 bits per heavy atom. The van der Waals surface area contributed by atoms with Gasteiger partial charge in [0.25, 0.3) is 15.9 Å². The number of rotatable bonds is 6. The number of hydrogen-bond acceptors (Lipinski definition) is 4. The Kier molecular flexibility index (Phi) is 6.43. The topological polar surface area (TPSA) is 84.5 Å². The van der Waals surface area contributed by atoms with Crippen molar-refractivity contribution in [2.24, 2.45) is 0 Å². The molecule has 0 bridgehead atoms. The second kappa shape index (κ2) is 8.83. The third-order valence-electron chi connectivity index (χ3n) is 4.11. The molecule has 0 saturated carbocycles. The van der Waals surface area contributed by atoms with Crippen LogP contribution in [0.1, 0.15) is 15.9 Å². The van der Waals surface area contributed by atoms with E-state index in [0.717, 1.165) is 9.13 Å². The first-order chi connectivity index (χ1) is 13.8. The molecule has 3 aromatic carbocycles. The molecule has 0 aliphatic rings. The van der Waals surface area contributed by atoms with E-state index in [1.165, 1.54) is 19.2 Å². The summed E-state index contributed by atoms with van der Waals surface area (Å²) >= 11 is 2.14. The van der Waals surface area contributed by atoms with Gasteiger partial charge in [0, 0.05) is 14.8 Å². The van der Waals surface area contributed by atoms with E-state index >= 15 is 0 Å². The molecular formula is C21H19IN2O4S. The molecule has 0 aliphatic carbocycles. The molecule has 0 radical (unpaired) electrons. The lowest BCUT2D eigenvalue weighted by atomic mass is 10.2. The van der Waals surface area contributed by atoms with Gasteiger partial charge in [0.2, 0.25) is 0 Å². The van der Waals surface area contributed by atoms with Crippen molar-refractivity contribution in [3.05, 3.63) is 81.4 Å². The number of carbonyl (C=O) groups is 1. The van der Waals surface area contributed by atoms with E-state index < -0.39 is 10.0 Å². The maximum atomic E-state index is 12.7. The second-order valence-corrected chi connectivity index (χ2v) is 9.23. The van der Waals surface area contributed by atoms with Gasteiger partial charge in [0.1, 0.15) is 5.75 Å². The molecule has 6 nitrogen and oxygen atoms in total. The fourth-order valence-electron chi connectivity index (χ4n) is 2.66. The number of nitrogens with one attached hydrogen (secondary N) is 2. The van der Waals surface area contributed by atoms with Gasteiger partial charge in [-0.05, 0) is 89.7 Å². The maximum absolute atomic E-state index is 12.7. The molecule has 0 spiro atoms. The maximum Gasteiger partial charge on any atom is 0.262 e. The van der Waals surface area contributed by atoms with Crippen LogP contribution in [-0.2, 0) is 10.0 Å². The SMILES string of the molecule is COc1ccc(C)cc1NS(=O)(=O)c1ccc(NC(=O)c2cccc(I)c2)cc1. The van der Waals surface area contributed by atoms with Crippen molar-refractivity contribution in [2.45, 2.75) is 11.8 Å². The van der Waals surface area contributed by atoms with E-state index in [-0.39, 0.29) is 10.8 Å². The Labute approximate surface area is 183 Å². The van der Waals surface area contributed by atoms with Crippen LogP contribution in [0.4, 0.5) is 11.4 Å². The first-order valence-electron chi connectivity index (χ1n) is 8.63. The predicted octanol–water partition coefficient (Wildman–Crippen LogP) is 4.66. The molecule has 150 valence electrons. The molecule has 0 atom stereocenters. The van der Waals surface area contributed by atoms with Gasteiger partial charge in [-0.3, -0.25) is 9.52 Å². The summed E-state index contributed by atoms with van der Waals surface area (Å²) in [7, 11) is -2.33. The number of sulfonamides is 1. The molecule has 8 heteroatoms. The van der Waals surface area contributed by atoms with Gasteiger partial charge < -0.3 is 10.1 Å². The number of ether oxygens (including phenoxy) is 1. The molecule has 29 heavy (non-hydrogen) atoms. The van der Waals surface area contributed by atoms with Crippen molar-refractivity contribution < 1.29 is 17.9 Å². The van der Waals surface area contributed by atoms with Crippen molar-refractivity contribution in [1.29, 1.82) is 0 Å². The molecule has 0 aliphatic heterocycles. The zero-order valence-corrected chi connectivity index (χ0v) is 18.7. The number of anilines is 2. The Morgan fingerprint density at radius 2 is 1.72 bits per heavy atom. The Bertz CT molecular complexity index is 1150. The minimum Gasteiger partial charge on any atom is -0.495 e. The summed E-state index contributed by atoms with van der Waals surface area (Å²) in [5.41, 5.74) is 2.29. The average molecular weight is 522 g/mol. The summed E-state index contributed by atoms with van der Waals surface area (Å²) in [6, 6.07) is 18.4. The summed E-state index contributed by atoms with van der Waals surface area (Å²) in [4.78, 5) is 12.4. The first-order valence-corrected chi connectivity index (χ1v) is 11.2. The molecule has 3 rings (SSSR count). The molecule has 1 amide bonds. The Hall–Kier alpha value is -2.59. The van der Waals surface area contributed by atoms with Gasteiger partial charge in [-0.25, -0.2) is 8.42 Å².